The molecule has 0 bridgehead atoms. The van der Waals surface area contributed by atoms with Gasteiger partial charge < -0.3 is 10.2 Å². The molecule has 15 heavy (non-hydrogen) atoms. The van der Waals surface area contributed by atoms with Crippen molar-refractivity contribution < 1.29 is 4.79 Å². The smallest absolute Gasteiger partial charge is 0.236 e. The molecule has 0 rings (SSSR count). The van der Waals surface area contributed by atoms with Gasteiger partial charge in [-0.05, 0) is 19.8 Å². The van der Waals surface area contributed by atoms with Crippen LogP contribution in [0.15, 0.2) is 12.7 Å². The molecule has 0 heterocycles. The first-order chi connectivity index (χ1) is 7.15. The average Bonchev–Trinajstić information content (AvgIpc) is 2.25. The zero-order chi connectivity index (χ0) is 11.7. The predicted molar refractivity (Wildman–Crippen MR) is 64.8 cm³/mol. The normalized spacial score (nSPS) is 12.2. The van der Waals surface area contributed by atoms with Crippen molar-refractivity contribution in [2.75, 3.05) is 19.6 Å². The van der Waals surface area contributed by atoms with Crippen LogP contribution in [-0.2, 0) is 4.79 Å². The fourth-order valence-electron chi connectivity index (χ4n) is 1.26. The Bertz CT molecular complexity index is 192. The second-order valence-electron chi connectivity index (χ2n) is 3.82. The minimum Gasteiger partial charge on any atom is -0.338 e. The van der Waals surface area contributed by atoms with E-state index >= 15 is 0 Å². The van der Waals surface area contributed by atoms with E-state index in [1.54, 1.807) is 6.08 Å². The highest BCUT2D eigenvalue weighted by molar-refractivity contribution is 5.78. The van der Waals surface area contributed by atoms with Gasteiger partial charge in [-0.25, -0.2) is 0 Å². The number of amides is 1. The molecule has 1 atom stereocenters. The van der Waals surface area contributed by atoms with Crippen LogP contribution < -0.4 is 5.32 Å². The maximum Gasteiger partial charge on any atom is 0.236 e. The van der Waals surface area contributed by atoms with Crippen molar-refractivity contribution in [1.82, 2.24) is 10.2 Å². The lowest BCUT2D eigenvalue weighted by Gasteiger charge is -2.21. The van der Waals surface area contributed by atoms with E-state index in [2.05, 4.69) is 32.7 Å². The zero-order valence-electron chi connectivity index (χ0n) is 10.3. The van der Waals surface area contributed by atoms with Gasteiger partial charge in [0.1, 0.15) is 0 Å². The number of carbonyl (C=O) groups excluding carboxylic acids is 1. The first-order valence-corrected chi connectivity index (χ1v) is 5.77. The molecule has 88 valence electrons. The number of rotatable bonds is 8. The van der Waals surface area contributed by atoms with E-state index in [1.807, 2.05) is 4.90 Å². The van der Waals surface area contributed by atoms with E-state index < -0.39 is 0 Å². The number of carbonyl (C=O) groups is 1. The summed E-state index contributed by atoms with van der Waals surface area (Å²) >= 11 is 0. The maximum atomic E-state index is 11.8. The summed E-state index contributed by atoms with van der Waals surface area (Å²) in [6.07, 6.45) is 3.81. The van der Waals surface area contributed by atoms with E-state index in [0.29, 0.717) is 19.1 Å². The molecule has 1 amide bonds. The van der Waals surface area contributed by atoms with Crippen molar-refractivity contribution in [3.05, 3.63) is 12.7 Å². The van der Waals surface area contributed by atoms with Crippen LogP contribution >= 0.6 is 0 Å². The van der Waals surface area contributed by atoms with Gasteiger partial charge in [0.15, 0.2) is 0 Å². The Hall–Kier alpha value is -0.830. The average molecular weight is 212 g/mol. The molecule has 0 aliphatic heterocycles. The van der Waals surface area contributed by atoms with Gasteiger partial charge in [0, 0.05) is 19.1 Å². The van der Waals surface area contributed by atoms with Gasteiger partial charge in [-0.3, -0.25) is 4.79 Å². The topological polar surface area (TPSA) is 32.3 Å². The fourth-order valence-corrected chi connectivity index (χ4v) is 1.26. The Balaban J connectivity index is 3.95. The van der Waals surface area contributed by atoms with Crippen molar-refractivity contribution in [1.29, 1.82) is 0 Å². The van der Waals surface area contributed by atoms with Crippen molar-refractivity contribution in [2.24, 2.45) is 0 Å². The third-order valence-electron chi connectivity index (χ3n) is 2.41. The fraction of sp³-hybridized carbons (Fsp3) is 0.750. The minimum atomic E-state index is 0.164. The Morgan fingerprint density at radius 3 is 2.67 bits per heavy atom. The highest BCUT2D eigenvalue weighted by Crippen LogP contribution is 1.94. The lowest BCUT2D eigenvalue weighted by atomic mass is 10.2. The quantitative estimate of drug-likeness (QED) is 0.622. The Kier molecular flexibility index (Phi) is 8.01. The Morgan fingerprint density at radius 2 is 2.20 bits per heavy atom. The molecule has 0 saturated carbocycles. The molecule has 0 aliphatic rings. The highest BCUT2D eigenvalue weighted by atomic mass is 16.2. The van der Waals surface area contributed by atoms with Crippen molar-refractivity contribution in [3.63, 3.8) is 0 Å². The Morgan fingerprint density at radius 1 is 1.53 bits per heavy atom. The molecule has 0 aromatic rings. The number of hydrogen-bond donors (Lipinski definition) is 1. The van der Waals surface area contributed by atoms with Crippen molar-refractivity contribution in [2.45, 2.75) is 39.7 Å². The molecule has 0 spiro atoms. The van der Waals surface area contributed by atoms with Crippen LogP contribution in [0.25, 0.3) is 0 Å². The molecule has 1 N–H and O–H groups in total. The van der Waals surface area contributed by atoms with E-state index in [-0.39, 0.29) is 5.91 Å². The lowest BCUT2D eigenvalue weighted by molar-refractivity contribution is -0.129. The van der Waals surface area contributed by atoms with Crippen LogP contribution in [0, 0.1) is 0 Å². The molecular weight excluding hydrogens is 188 g/mol. The molecule has 3 heteroatoms. The molecule has 0 aromatic carbocycles. The van der Waals surface area contributed by atoms with E-state index in [9.17, 15) is 4.79 Å². The third-order valence-corrected chi connectivity index (χ3v) is 2.41. The summed E-state index contributed by atoms with van der Waals surface area (Å²) in [4.78, 5) is 13.6. The zero-order valence-corrected chi connectivity index (χ0v) is 10.3. The van der Waals surface area contributed by atoms with Crippen LogP contribution in [-0.4, -0.2) is 36.5 Å². The monoisotopic (exact) mass is 212 g/mol. The second-order valence-corrected chi connectivity index (χ2v) is 3.82. The van der Waals surface area contributed by atoms with Crippen LogP contribution in [0.1, 0.15) is 33.6 Å². The molecule has 0 aromatic heterocycles. The predicted octanol–water partition coefficient (Wildman–Crippen LogP) is 1.80. The van der Waals surface area contributed by atoms with Gasteiger partial charge in [-0.2, -0.15) is 0 Å². The van der Waals surface area contributed by atoms with Gasteiger partial charge in [0.05, 0.1) is 6.54 Å². The van der Waals surface area contributed by atoms with Crippen molar-refractivity contribution >= 4 is 5.91 Å². The van der Waals surface area contributed by atoms with Gasteiger partial charge in [-0.1, -0.05) is 19.9 Å². The van der Waals surface area contributed by atoms with E-state index in [0.717, 1.165) is 19.4 Å². The lowest BCUT2D eigenvalue weighted by Crippen LogP contribution is -2.41. The molecule has 0 fully saturated rings. The van der Waals surface area contributed by atoms with Crippen LogP contribution in [0.4, 0.5) is 0 Å². The third kappa shape index (κ3) is 6.28. The molecule has 3 nitrogen and oxygen atoms in total. The van der Waals surface area contributed by atoms with Crippen LogP contribution in [0.2, 0.25) is 0 Å². The maximum absolute atomic E-state index is 11.8. The van der Waals surface area contributed by atoms with E-state index in [4.69, 9.17) is 0 Å². The summed E-state index contributed by atoms with van der Waals surface area (Å²) in [6, 6.07) is 0.404. The standard InChI is InChI=1S/C12H24N2O/c1-5-8-14(9-6-2)12(15)10-13-11(4)7-3/h5,11,13H,1,6-10H2,2-4H3. The van der Waals surface area contributed by atoms with Gasteiger partial charge >= 0.3 is 0 Å². The molecule has 0 radical (unpaired) electrons. The van der Waals surface area contributed by atoms with Gasteiger partial charge in [-0.15, -0.1) is 6.58 Å². The Labute approximate surface area is 93.5 Å². The van der Waals surface area contributed by atoms with Crippen LogP contribution in [0.5, 0.6) is 0 Å². The number of nitrogens with one attached hydrogen (secondary N) is 1. The SMILES string of the molecule is C=CCN(CCC)C(=O)CNC(C)CC. The first kappa shape index (κ1) is 14.2. The number of nitrogens with zero attached hydrogens (tertiary/aromatic N) is 1. The number of hydrogen-bond acceptors (Lipinski definition) is 2. The summed E-state index contributed by atoms with van der Waals surface area (Å²) in [6.45, 7) is 11.8. The van der Waals surface area contributed by atoms with Gasteiger partial charge in [0.25, 0.3) is 0 Å². The van der Waals surface area contributed by atoms with E-state index in [1.165, 1.54) is 0 Å². The first-order valence-electron chi connectivity index (χ1n) is 5.77. The largest absolute Gasteiger partial charge is 0.338 e. The highest BCUT2D eigenvalue weighted by Gasteiger charge is 2.11. The summed E-state index contributed by atoms with van der Waals surface area (Å²) in [7, 11) is 0. The molecule has 0 aliphatic carbocycles. The molecule has 1 unspecified atom stereocenters. The second kappa shape index (κ2) is 8.48. The van der Waals surface area contributed by atoms with Crippen molar-refractivity contribution in [3.8, 4) is 0 Å². The molecule has 0 saturated heterocycles. The summed E-state index contributed by atoms with van der Waals surface area (Å²) in [5.74, 6) is 0.164. The minimum absolute atomic E-state index is 0.164. The summed E-state index contributed by atoms with van der Waals surface area (Å²) in [5.41, 5.74) is 0. The summed E-state index contributed by atoms with van der Waals surface area (Å²) < 4.78 is 0. The molecular formula is C12H24N2O. The van der Waals surface area contributed by atoms with Crippen LogP contribution in [0.3, 0.4) is 0 Å². The summed E-state index contributed by atoms with van der Waals surface area (Å²) in [5, 5.41) is 3.20. The van der Waals surface area contributed by atoms with Gasteiger partial charge in [0.2, 0.25) is 5.91 Å².